The van der Waals surface area contributed by atoms with Crippen LogP contribution in [0, 0.1) is 11.2 Å². The lowest BCUT2D eigenvalue weighted by molar-refractivity contribution is -0.137. The summed E-state index contributed by atoms with van der Waals surface area (Å²) in [6, 6.07) is 2.55. The van der Waals surface area contributed by atoms with E-state index in [0.29, 0.717) is 12.6 Å². The summed E-state index contributed by atoms with van der Waals surface area (Å²) in [6.45, 7) is 0.751. The smallest absolute Gasteiger partial charge is 0.396 e. The maximum Gasteiger partial charge on any atom is 0.416 e. The molecule has 0 aromatic heterocycles. The first-order valence-corrected chi connectivity index (χ1v) is 7.03. The second-order valence-electron chi connectivity index (χ2n) is 5.81. The van der Waals surface area contributed by atoms with Crippen LogP contribution in [0.1, 0.15) is 36.8 Å². The number of aliphatic hydroxyl groups is 1. The van der Waals surface area contributed by atoms with Crippen molar-refractivity contribution in [3.05, 3.63) is 35.1 Å². The predicted molar refractivity (Wildman–Crippen MR) is 71.1 cm³/mol. The zero-order valence-electron chi connectivity index (χ0n) is 11.6. The van der Waals surface area contributed by atoms with Crippen LogP contribution in [0.5, 0.6) is 0 Å². The third kappa shape index (κ3) is 4.17. The second-order valence-corrected chi connectivity index (χ2v) is 5.81. The van der Waals surface area contributed by atoms with Crippen molar-refractivity contribution < 1.29 is 22.7 Å². The summed E-state index contributed by atoms with van der Waals surface area (Å²) < 4.78 is 51.1. The minimum atomic E-state index is -4.55. The number of aliphatic hydroxyl groups excluding tert-OH is 1. The fourth-order valence-corrected chi connectivity index (χ4v) is 2.90. The monoisotopic (exact) mass is 305 g/mol. The molecule has 0 unspecified atom stereocenters. The highest BCUT2D eigenvalue weighted by Gasteiger charge is 2.33. The van der Waals surface area contributed by atoms with Gasteiger partial charge in [-0.05, 0) is 36.6 Å². The van der Waals surface area contributed by atoms with Gasteiger partial charge < -0.3 is 10.4 Å². The van der Waals surface area contributed by atoms with E-state index in [0.717, 1.165) is 37.8 Å². The van der Waals surface area contributed by atoms with Gasteiger partial charge in [-0.1, -0.05) is 12.8 Å². The molecule has 1 fully saturated rings. The Morgan fingerprint density at radius 1 is 1.14 bits per heavy atom. The molecule has 2 nitrogen and oxygen atoms in total. The summed E-state index contributed by atoms with van der Waals surface area (Å²) >= 11 is 0. The van der Waals surface area contributed by atoms with Gasteiger partial charge in [0.05, 0.1) is 5.56 Å². The van der Waals surface area contributed by atoms with E-state index in [2.05, 4.69) is 5.32 Å². The first kappa shape index (κ1) is 16.2. The largest absolute Gasteiger partial charge is 0.416 e. The fourth-order valence-electron chi connectivity index (χ4n) is 2.90. The highest BCUT2D eigenvalue weighted by Crippen LogP contribution is 2.37. The number of benzene rings is 1. The Bertz CT molecular complexity index is 481. The van der Waals surface area contributed by atoms with Crippen LogP contribution in [0.3, 0.4) is 0 Å². The molecule has 0 bridgehead atoms. The molecule has 0 heterocycles. The molecule has 0 aliphatic heterocycles. The Balaban J connectivity index is 1.98. The SMILES string of the molecule is OCC1(CNCc2cc(F)cc(C(F)(F)F)c2)CCCC1. The Hall–Kier alpha value is -1.14. The van der Waals surface area contributed by atoms with Gasteiger partial charge in [0.2, 0.25) is 0 Å². The fraction of sp³-hybridized carbons (Fsp3) is 0.600. The number of halogens is 4. The Morgan fingerprint density at radius 2 is 1.81 bits per heavy atom. The van der Waals surface area contributed by atoms with E-state index in [1.54, 1.807) is 0 Å². The van der Waals surface area contributed by atoms with Crippen molar-refractivity contribution in [1.82, 2.24) is 5.32 Å². The summed E-state index contributed by atoms with van der Waals surface area (Å²) in [5, 5.41) is 12.5. The van der Waals surface area contributed by atoms with Crippen LogP contribution >= 0.6 is 0 Å². The highest BCUT2D eigenvalue weighted by atomic mass is 19.4. The molecule has 0 atom stereocenters. The van der Waals surface area contributed by atoms with Crippen molar-refractivity contribution in [3.63, 3.8) is 0 Å². The topological polar surface area (TPSA) is 32.3 Å². The third-order valence-electron chi connectivity index (χ3n) is 4.11. The number of alkyl halides is 3. The Morgan fingerprint density at radius 3 is 2.38 bits per heavy atom. The summed E-state index contributed by atoms with van der Waals surface area (Å²) in [7, 11) is 0. The lowest BCUT2D eigenvalue weighted by atomic mass is 9.87. The van der Waals surface area contributed by atoms with Crippen LogP contribution in [0.4, 0.5) is 17.6 Å². The predicted octanol–water partition coefficient (Wildman–Crippen LogP) is 3.49. The number of nitrogens with one attached hydrogen (secondary N) is 1. The van der Waals surface area contributed by atoms with E-state index in [1.165, 1.54) is 0 Å². The van der Waals surface area contributed by atoms with Crippen LogP contribution in [-0.2, 0) is 12.7 Å². The van der Waals surface area contributed by atoms with Gasteiger partial charge in [0.15, 0.2) is 0 Å². The molecular weight excluding hydrogens is 286 g/mol. The molecule has 0 saturated heterocycles. The normalized spacial score (nSPS) is 18.1. The van der Waals surface area contributed by atoms with Gasteiger partial charge in [-0.3, -0.25) is 0 Å². The van der Waals surface area contributed by atoms with Gasteiger partial charge >= 0.3 is 6.18 Å². The molecule has 0 amide bonds. The highest BCUT2D eigenvalue weighted by molar-refractivity contribution is 5.26. The molecule has 2 N–H and O–H groups in total. The molecule has 0 radical (unpaired) electrons. The molecule has 1 saturated carbocycles. The van der Waals surface area contributed by atoms with E-state index in [9.17, 15) is 22.7 Å². The van der Waals surface area contributed by atoms with Crippen molar-refractivity contribution in [3.8, 4) is 0 Å². The van der Waals surface area contributed by atoms with Crippen LogP contribution < -0.4 is 5.32 Å². The van der Waals surface area contributed by atoms with E-state index in [-0.39, 0.29) is 24.1 Å². The van der Waals surface area contributed by atoms with Crippen LogP contribution in [0.15, 0.2) is 18.2 Å². The van der Waals surface area contributed by atoms with Gasteiger partial charge in [0.1, 0.15) is 5.82 Å². The number of rotatable bonds is 5. The first-order chi connectivity index (χ1) is 9.85. The molecule has 118 valence electrons. The van der Waals surface area contributed by atoms with Gasteiger partial charge in [0.25, 0.3) is 0 Å². The molecule has 1 aromatic carbocycles. The third-order valence-corrected chi connectivity index (χ3v) is 4.11. The summed E-state index contributed by atoms with van der Waals surface area (Å²) in [6.07, 6.45) is -0.615. The molecule has 1 aromatic rings. The Labute approximate surface area is 121 Å². The van der Waals surface area contributed by atoms with Gasteiger partial charge in [-0.25, -0.2) is 4.39 Å². The molecular formula is C15H19F4NO. The average Bonchev–Trinajstić information content (AvgIpc) is 2.86. The van der Waals surface area contributed by atoms with Crippen molar-refractivity contribution in [2.24, 2.45) is 5.41 Å². The lowest BCUT2D eigenvalue weighted by Gasteiger charge is -2.26. The molecule has 2 rings (SSSR count). The standard InChI is InChI=1S/C15H19F4NO/c16-13-6-11(5-12(7-13)15(17,18)19)8-20-9-14(10-21)3-1-2-4-14/h5-7,20-21H,1-4,8-10H2. The molecule has 21 heavy (non-hydrogen) atoms. The average molecular weight is 305 g/mol. The number of hydrogen-bond donors (Lipinski definition) is 2. The maximum atomic E-state index is 13.3. The zero-order chi connectivity index (χ0) is 15.5. The van der Waals surface area contributed by atoms with Crippen molar-refractivity contribution >= 4 is 0 Å². The molecule has 1 aliphatic carbocycles. The summed E-state index contributed by atoms with van der Waals surface area (Å²) in [4.78, 5) is 0. The van der Waals surface area contributed by atoms with Crippen molar-refractivity contribution in [1.29, 1.82) is 0 Å². The van der Waals surface area contributed by atoms with Crippen molar-refractivity contribution in [2.45, 2.75) is 38.4 Å². The minimum absolute atomic E-state index is 0.0664. The van der Waals surface area contributed by atoms with Crippen LogP contribution in [0.2, 0.25) is 0 Å². The molecule has 0 spiro atoms. The van der Waals surface area contributed by atoms with Gasteiger partial charge in [-0.15, -0.1) is 0 Å². The van der Waals surface area contributed by atoms with Gasteiger partial charge in [0, 0.05) is 25.1 Å². The van der Waals surface area contributed by atoms with Crippen LogP contribution in [0.25, 0.3) is 0 Å². The van der Waals surface area contributed by atoms with E-state index in [4.69, 9.17) is 0 Å². The second kappa shape index (κ2) is 6.32. The maximum absolute atomic E-state index is 13.3. The minimum Gasteiger partial charge on any atom is -0.396 e. The first-order valence-electron chi connectivity index (χ1n) is 7.03. The summed E-state index contributed by atoms with van der Waals surface area (Å²) in [5.41, 5.74) is -0.898. The lowest BCUT2D eigenvalue weighted by Crippen LogP contribution is -2.34. The zero-order valence-corrected chi connectivity index (χ0v) is 11.6. The van der Waals surface area contributed by atoms with E-state index >= 15 is 0 Å². The molecule has 1 aliphatic rings. The van der Waals surface area contributed by atoms with Crippen LogP contribution in [-0.4, -0.2) is 18.3 Å². The number of hydrogen-bond acceptors (Lipinski definition) is 2. The Kier molecular flexibility index (Phi) is 4.88. The molecule has 6 heteroatoms. The van der Waals surface area contributed by atoms with Crippen molar-refractivity contribution in [2.75, 3.05) is 13.2 Å². The van der Waals surface area contributed by atoms with E-state index < -0.39 is 17.6 Å². The quantitative estimate of drug-likeness (QED) is 0.816. The van der Waals surface area contributed by atoms with E-state index in [1.807, 2.05) is 0 Å². The van der Waals surface area contributed by atoms with Gasteiger partial charge in [-0.2, -0.15) is 13.2 Å². The summed E-state index contributed by atoms with van der Waals surface area (Å²) in [5.74, 6) is -0.889.